The normalized spacial score (nSPS) is 27.5. The number of nitrogens with one attached hydrogen (secondary N) is 1. The molecule has 2 aliphatic rings. The van der Waals surface area contributed by atoms with E-state index in [1.807, 2.05) is 23.5 Å². The predicted molar refractivity (Wildman–Crippen MR) is 76.7 cm³/mol. The summed E-state index contributed by atoms with van der Waals surface area (Å²) < 4.78 is 0. The van der Waals surface area contributed by atoms with Crippen LogP contribution < -0.4 is 5.32 Å². The molecule has 0 amide bonds. The van der Waals surface area contributed by atoms with Gasteiger partial charge in [0.15, 0.2) is 5.17 Å². The highest BCUT2D eigenvalue weighted by molar-refractivity contribution is 8.14. The van der Waals surface area contributed by atoms with E-state index in [0.717, 1.165) is 5.75 Å². The van der Waals surface area contributed by atoms with Crippen LogP contribution >= 0.6 is 23.5 Å². The molecule has 2 rings (SSSR count). The molecule has 0 bridgehead atoms. The summed E-state index contributed by atoms with van der Waals surface area (Å²) >= 11 is 3.91. The van der Waals surface area contributed by atoms with Crippen molar-refractivity contribution in [1.82, 2.24) is 5.32 Å². The number of rotatable bonds is 4. The Morgan fingerprint density at radius 1 is 1.50 bits per heavy atom. The Morgan fingerprint density at radius 2 is 2.25 bits per heavy atom. The van der Waals surface area contributed by atoms with E-state index in [9.17, 15) is 0 Å². The Bertz CT molecular complexity index is 260. The highest BCUT2D eigenvalue weighted by Crippen LogP contribution is 2.37. The SMILES string of the molecule is CCSCC(C)N=C1NC2(CCCC2)CS1. The van der Waals surface area contributed by atoms with Crippen LogP contribution in [0.3, 0.4) is 0 Å². The maximum absolute atomic E-state index is 4.78. The van der Waals surface area contributed by atoms with Gasteiger partial charge in [-0.2, -0.15) is 11.8 Å². The molecule has 0 radical (unpaired) electrons. The minimum Gasteiger partial charge on any atom is -0.359 e. The van der Waals surface area contributed by atoms with Crippen LogP contribution in [0.5, 0.6) is 0 Å². The van der Waals surface area contributed by atoms with Gasteiger partial charge in [0.05, 0.1) is 6.04 Å². The third kappa shape index (κ3) is 3.10. The molecular formula is C12H22N2S2. The lowest BCUT2D eigenvalue weighted by molar-refractivity contribution is 0.452. The first kappa shape index (κ1) is 12.6. The molecule has 1 saturated heterocycles. The summed E-state index contributed by atoms with van der Waals surface area (Å²) in [4.78, 5) is 4.78. The van der Waals surface area contributed by atoms with Crippen LogP contribution in [0.15, 0.2) is 4.99 Å². The van der Waals surface area contributed by atoms with Crippen molar-refractivity contribution in [2.75, 3.05) is 17.3 Å². The number of thioether (sulfide) groups is 2. The van der Waals surface area contributed by atoms with Gasteiger partial charge in [0.2, 0.25) is 0 Å². The van der Waals surface area contributed by atoms with E-state index >= 15 is 0 Å². The molecular weight excluding hydrogens is 236 g/mol. The van der Waals surface area contributed by atoms with Crippen LogP contribution in [-0.2, 0) is 0 Å². The van der Waals surface area contributed by atoms with E-state index in [0.29, 0.717) is 11.6 Å². The molecule has 0 aromatic heterocycles. The first-order valence-corrected chi connectivity index (χ1v) is 8.45. The van der Waals surface area contributed by atoms with Crippen molar-refractivity contribution < 1.29 is 0 Å². The fraction of sp³-hybridized carbons (Fsp3) is 0.917. The zero-order valence-electron chi connectivity index (χ0n) is 10.3. The van der Waals surface area contributed by atoms with Crippen molar-refractivity contribution in [3.8, 4) is 0 Å². The first-order valence-electron chi connectivity index (χ1n) is 6.31. The molecule has 16 heavy (non-hydrogen) atoms. The Balaban J connectivity index is 1.85. The Kier molecular flexibility index (Phi) is 4.48. The molecule has 1 heterocycles. The summed E-state index contributed by atoms with van der Waals surface area (Å²) in [6.45, 7) is 4.43. The Hall–Kier alpha value is 0.170. The molecule has 1 spiro atoms. The van der Waals surface area contributed by atoms with Crippen LogP contribution in [0.2, 0.25) is 0 Å². The molecule has 1 aliphatic carbocycles. The third-order valence-corrected chi connectivity index (χ3v) is 5.62. The van der Waals surface area contributed by atoms with E-state index in [1.165, 1.54) is 42.4 Å². The average molecular weight is 258 g/mol. The van der Waals surface area contributed by atoms with Gasteiger partial charge >= 0.3 is 0 Å². The van der Waals surface area contributed by atoms with Gasteiger partial charge in [-0.3, -0.25) is 4.99 Å². The molecule has 1 N–H and O–H groups in total. The minimum absolute atomic E-state index is 0.418. The van der Waals surface area contributed by atoms with Gasteiger partial charge in [0, 0.05) is 17.0 Å². The summed E-state index contributed by atoms with van der Waals surface area (Å²) in [6.07, 6.45) is 5.47. The van der Waals surface area contributed by atoms with Crippen LogP contribution in [0.4, 0.5) is 0 Å². The van der Waals surface area contributed by atoms with E-state index in [2.05, 4.69) is 19.2 Å². The van der Waals surface area contributed by atoms with Crippen molar-refractivity contribution in [2.45, 2.75) is 51.1 Å². The van der Waals surface area contributed by atoms with Gasteiger partial charge in [-0.15, -0.1) is 0 Å². The lowest BCUT2D eigenvalue weighted by Gasteiger charge is -2.22. The highest BCUT2D eigenvalue weighted by atomic mass is 32.2. The van der Waals surface area contributed by atoms with E-state index < -0.39 is 0 Å². The molecule has 2 fully saturated rings. The molecule has 4 heteroatoms. The molecule has 92 valence electrons. The summed E-state index contributed by atoms with van der Waals surface area (Å²) in [7, 11) is 0. The Labute approximate surface area is 107 Å². The van der Waals surface area contributed by atoms with Gasteiger partial charge in [0.1, 0.15) is 0 Å². The summed E-state index contributed by atoms with van der Waals surface area (Å²) in [5.41, 5.74) is 0.418. The van der Waals surface area contributed by atoms with Crippen molar-refractivity contribution in [2.24, 2.45) is 4.99 Å². The van der Waals surface area contributed by atoms with Gasteiger partial charge in [-0.25, -0.2) is 0 Å². The monoisotopic (exact) mass is 258 g/mol. The molecule has 0 aromatic rings. The number of nitrogens with zero attached hydrogens (tertiary/aromatic N) is 1. The average Bonchev–Trinajstić information content (AvgIpc) is 2.87. The lowest BCUT2D eigenvalue weighted by Crippen LogP contribution is -2.40. The summed E-state index contributed by atoms with van der Waals surface area (Å²) in [5, 5.41) is 4.88. The maximum atomic E-state index is 4.78. The van der Waals surface area contributed by atoms with Gasteiger partial charge in [-0.05, 0) is 25.5 Å². The summed E-state index contributed by atoms with van der Waals surface area (Å²) in [6, 6.07) is 0.455. The topological polar surface area (TPSA) is 24.4 Å². The Morgan fingerprint density at radius 3 is 2.94 bits per heavy atom. The molecule has 2 nitrogen and oxygen atoms in total. The molecule has 1 aliphatic heterocycles. The highest BCUT2D eigenvalue weighted by Gasteiger charge is 2.39. The second-order valence-electron chi connectivity index (χ2n) is 4.84. The van der Waals surface area contributed by atoms with Gasteiger partial charge < -0.3 is 5.32 Å². The fourth-order valence-electron chi connectivity index (χ4n) is 2.42. The molecule has 1 unspecified atom stereocenters. The quantitative estimate of drug-likeness (QED) is 0.838. The molecule has 0 aromatic carbocycles. The van der Waals surface area contributed by atoms with Crippen molar-refractivity contribution >= 4 is 28.7 Å². The second kappa shape index (κ2) is 5.67. The van der Waals surface area contributed by atoms with Crippen molar-refractivity contribution in [3.05, 3.63) is 0 Å². The largest absolute Gasteiger partial charge is 0.359 e. The van der Waals surface area contributed by atoms with Crippen molar-refractivity contribution in [3.63, 3.8) is 0 Å². The number of aliphatic imine (C=N–C) groups is 1. The smallest absolute Gasteiger partial charge is 0.157 e. The third-order valence-electron chi connectivity index (χ3n) is 3.32. The standard InChI is InChI=1S/C12H22N2S2/c1-3-15-8-10(2)13-11-14-12(9-16-11)6-4-5-7-12/h10H,3-9H2,1-2H3,(H,13,14). The van der Waals surface area contributed by atoms with Crippen LogP contribution in [0.1, 0.15) is 39.5 Å². The number of amidine groups is 1. The molecule has 1 saturated carbocycles. The number of hydrogen-bond acceptors (Lipinski definition) is 3. The second-order valence-corrected chi connectivity index (χ2v) is 7.13. The van der Waals surface area contributed by atoms with Crippen molar-refractivity contribution in [1.29, 1.82) is 0 Å². The van der Waals surface area contributed by atoms with E-state index in [4.69, 9.17) is 4.99 Å². The summed E-state index contributed by atoms with van der Waals surface area (Å²) in [5.74, 6) is 3.58. The van der Waals surface area contributed by atoms with Crippen LogP contribution in [-0.4, -0.2) is 34.0 Å². The van der Waals surface area contributed by atoms with Crippen LogP contribution in [0.25, 0.3) is 0 Å². The molecule has 1 atom stereocenters. The van der Waals surface area contributed by atoms with Gasteiger partial charge in [-0.1, -0.05) is 31.5 Å². The lowest BCUT2D eigenvalue weighted by atomic mass is 10.0. The minimum atomic E-state index is 0.418. The van der Waals surface area contributed by atoms with Crippen LogP contribution in [0, 0.1) is 0 Å². The zero-order chi connectivity index (χ0) is 11.4. The van der Waals surface area contributed by atoms with E-state index in [-0.39, 0.29) is 0 Å². The fourth-order valence-corrected chi connectivity index (χ4v) is 4.39. The zero-order valence-corrected chi connectivity index (χ0v) is 11.9. The number of hydrogen-bond donors (Lipinski definition) is 1. The van der Waals surface area contributed by atoms with E-state index in [1.54, 1.807) is 0 Å². The first-order chi connectivity index (χ1) is 7.74. The maximum Gasteiger partial charge on any atom is 0.157 e. The van der Waals surface area contributed by atoms with Gasteiger partial charge in [0.25, 0.3) is 0 Å². The predicted octanol–water partition coefficient (Wildman–Crippen LogP) is 3.13.